The zero-order valence-corrected chi connectivity index (χ0v) is 11.6. The average molecular weight is 213 g/mol. The lowest BCUT2D eigenvalue weighted by atomic mass is 9.78. The van der Waals surface area contributed by atoms with Gasteiger partial charge in [0.15, 0.2) is 0 Å². The Morgan fingerprint density at radius 1 is 0.933 bits per heavy atom. The molecule has 15 heavy (non-hydrogen) atoms. The smallest absolute Gasteiger partial charge is 0.00645 e. The molecule has 0 saturated carbocycles. The monoisotopic (exact) mass is 213 g/mol. The van der Waals surface area contributed by atoms with E-state index < -0.39 is 0 Å². The van der Waals surface area contributed by atoms with Crippen molar-refractivity contribution in [2.24, 2.45) is 29.4 Å². The van der Waals surface area contributed by atoms with Gasteiger partial charge in [-0.05, 0) is 36.5 Å². The van der Waals surface area contributed by atoms with Gasteiger partial charge in [0.1, 0.15) is 0 Å². The van der Waals surface area contributed by atoms with Crippen LogP contribution in [0.15, 0.2) is 0 Å². The van der Waals surface area contributed by atoms with E-state index in [4.69, 9.17) is 5.73 Å². The molecule has 0 fully saturated rings. The second-order valence-corrected chi connectivity index (χ2v) is 5.56. The van der Waals surface area contributed by atoms with Gasteiger partial charge in [-0.3, -0.25) is 0 Å². The number of rotatable bonds is 7. The van der Waals surface area contributed by atoms with Crippen molar-refractivity contribution in [2.45, 2.75) is 66.8 Å². The van der Waals surface area contributed by atoms with E-state index in [9.17, 15) is 0 Å². The first-order valence-corrected chi connectivity index (χ1v) is 6.69. The number of hydrogen-bond acceptors (Lipinski definition) is 1. The first kappa shape index (κ1) is 15.0. The van der Waals surface area contributed by atoms with Gasteiger partial charge < -0.3 is 5.73 Å². The van der Waals surface area contributed by atoms with Gasteiger partial charge >= 0.3 is 0 Å². The van der Waals surface area contributed by atoms with Crippen LogP contribution in [0.1, 0.15) is 60.8 Å². The van der Waals surface area contributed by atoms with Crippen LogP contribution in [0.25, 0.3) is 0 Å². The molecule has 0 bridgehead atoms. The van der Waals surface area contributed by atoms with Crippen molar-refractivity contribution >= 4 is 0 Å². The van der Waals surface area contributed by atoms with Crippen LogP contribution in [0.2, 0.25) is 0 Å². The third-order valence-electron chi connectivity index (χ3n) is 4.22. The quantitative estimate of drug-likeness (QED) is 0.678. The van der Waals surface area contributed by atoms with Crippen molar-refractivity contribution < 1.29 is 0 Å². The molecule has 0 aromatic rings. The van der Waals surface area contributed by atoms with Gasteiger partial charge in [0.25, 0.3) is 0 Å². The lowest BCUT2D eigenvalue weighted by Gasteiger charge is -2.29. The molecule has 1 nitrogen and oxygen atoms in total. The van der Waals surface area contributed by atoms with Crippen LogP contribution in [0.4, 0.5) is 0 Å². The van der Waals surface area contributed by atoms with Crippen LogP contribution < -0.4 is 5.73 Å². The van der Waals surface area contributed by atoms with Gasteiger partial charge in [0, 0.05) is 6.04 Å². The largest absolute Gasteiger partial charge is 0.327 e. The molecule has 4 atom stereocenters. The summed E-state index contributed by atoms with van der Waals surface area (Å²) in [6.07, 6.45) is 3.64. The van der Waals surface area contributed by atoms with Crippen molar-refractivity contribution in [3.05, 3.63) is 0 Å². The average Bonchev–Trinajstić information content (AvgIpc) is 2.22. The van der Waals surface area contributed by atoms with Crippen LogP contribution in [-0.2, 0) is 0 Å². The third-order valence-corrected chi connectivity index (χ3v) is 4.22. The fourth-order valence-electron chi connectivity index (χ4n) is 2.33. The molecular formula is C14H31N. The normalized spacial score (nSPS) is 20.0. The van der Waals surface area contributed by atoms with E-state index in [0.717, 1.165) is 24.2 Å². The number of nitrogens with two attached hydrogens (primary N) is 1. The molecule has 0 aromatic carbocycles. The summed E-state index contributed by atoms with van der Waals surface area (Å²) in [6, 6.07) is 0.400. The Hall–Kier alpha value is -0.0400. The van der Waals surface area contributed by atoms with Crippen molar-refractivity contribution in [1.82, 2.24) is 0 Å². The molecule has 0 rings (SSSR count). The maximum absolute atomic E-state index is 6.15. The maximum Gasteiger partial charge on any atom is 0.00645 e. The Balaban J connectivity index is 4.17. The van der Waals surface area contributed by atoms with E-state index in [2.05, 4.69) is 41.5 Å². The van der Waals surface area contributed by atoms with Gasteiger partial charge in [-0.15, -0.1) is 0 Å². The molecule has 4 unspecified atom stereocenters. The lowest BCUT2D eigenvalue weighted by molar-refractivity contribution is 0.225. The second-order valence-electron chi connectivity index (χ2n) is 5.56. The third kappa shape index (κ3) is 5.01. The highest BCUT2D eigenvalue weighted by molar-refractivity contribution is 4.75. The molecule has 0 aromatic heterocycles. The molecule has 0 spiro atoms. The van der Waals surface area contributed by atoms with Gasteiger partial charge in [-0.2, -0.15) is 0 Å². The highest BCUT2D eigenvalue weighted by atomic mass is 14.6. The SMILES string of the molecule is CCC(N)C(CC)CC(C)C(C)C(C)C. The molecule has 0 aliphatic carbocycles. The number of hydrogen-bond donors (Lipinski definition) is 1. The van der Waals surface area contributed by atoms with Gasteiger partial charge in [-0.25, -0.2) is 0 Å². The lowest BCUT2D eigenvalue weighted by Crippen LogP contribution is -2.31. The van der Waals surface area contributed by atoms with Crippen LogP contribution >= 0.6 is 0 Å². The molecular weight excluding hydrogens is 182 g/mol. The molecule has 1 heteroatoms. The van der Waals surface area contributed by atoms with E-state index in [1.807, 2.05) is 0 Å². The minimum Gasteiger partial charge on any atom is -0.327 e. The second kappa shape index (κ2) is 7.27. The van der Waals surface area contributed by atoms with Crippen molar-refractivity contribution in [2.75, 3.05) is 0 Å². The van der Waals surface area contributed by atoms with Crippen molar-refractivity contribution in [3.8, 4) is 0 Å². The molecule has 0 heterocycles. The fraction of sp³-hybridized carbons (Fsp3) is 1.00. The Bertz CT molecular complexity index is 153. The summed E-state index contributed by atoms with van der Waals surface area (Å²) in [4.78, 5) is 0. The first-order valence-electron chi connectivity index (χ1n) is 6.69. The molecule has 0 radical (unpaired) electrons. The molecule has 2 N–H and O–H groups in total. The topological polar surface area (TPSA) is 26.0 Å². The summed E-state index contributed by atoms with van der Waals surface area (Å²) >= 11 is 0. The summed E-state index contributed by atoms with van der Waals surface area (Å²) < 4.78 is 0. The Labute approximate surface area is 96.8 Å². The Kier molecular flexibility index (Phi) is 7.25. The summed E-state index contributed by atoms with van der Waals surface area (Å²) in [5.41, 5.74) is 6.15. The van der Waals surface area contributed by atoms with Crippen LogP contribution in [-0.4, -0.2) is 6.04 Å². The van der Waals surface area contributed by atoms with E-state index in [0.29, 0.717) is 12.0 Å². The predicted molar refractivity (Wildman–Crippen MR) is 69.8 cm³/mol. The van der Waals surface area contributed by atoms with E-state index in [1.54, 1.807) is 0 Å². The van der Waals surface area contributed by atoms with Gasteiger partial charge in [0.05, 0.1) is 0 Å². The van der Waals surface area contributed by atoms with Crippen LogP contribution in [0.3, 0.4) is 0 Å². The fourth-order valence-corrected chi connectivity index (χ4v) is 2.33. The zero-order chi connectivity index (χ0) is 12.0. The van der Waals surface area contributed by atoms with E-state index >= 15 is 0 Å². The van der Waals surface area contributed by atoms with E-state index in [1.165, 1.54) is 12.8 Å². The molecule has 0 aliphatic heterocycles. The zero-order valence-electron chi connectivity index (χ0n) is 11.6. The van der Waals surface area contributed by atoms with Crippen LogP contribution in [0, 0.1) is 23.7 Å². The van der Waals surface area contributed by atoms with Gasteiger partial charge in [-0.1, -0.05) is 48.0 Å². The molecule has 0 aliphatic rings. The first-order chi connectivity index (χ1) is 6.93. The van der Waals surface area contributed by atoms with Crippen molar-refractivity contribution in [3.63, 3.8) is 0 Å². The minimum absolute atomic E-state index is 0.400. The van der Waals surface area contributed by atoms with E-state index in [-0.39, 0.29) is 0 Å². The van der Waals surface area contributed by atoms with Crippen molar-refractivity contribution in [1.29, 1.82) is 0 Å². The highest BCUT2D eigenvalue weighted by Gasteiger charge is 2.22. The highest BCUT2D eigenvalue weighted by Crippen LogP contribution is 2.28. The van der Waals surface area contributed by atoms with Gasteiger partial charge in [0.2, 0.25) is 0 Å². The molecule has 0 amide bonds. The van der Waals surface area contributed by atoms with Crippen LogP contribution in [0.5, 0.6) is 0 Å². The molecule has 92 valence electrons. The molecule has 0 saturated heterocycles. The summed E-state index contributed by atoms with van der Waals surface area (Å²) in [5.74, 6) is 3.11. The minimum atomic E-state index is 0.400. The standard InChI is InChI=1S/C14H31N/c1-7-13(14(15)8-2)9-11(5)12(6)10(3)4/h10-14H,7-9,15H2,1-6H3. The summed E-state index contributed by atoms with van der Waals surface area (Å²) in [7, 11) is 0. The summed E-state index contributed by atoms with van der Waals surface area (Å²) in [5, 5.41) is 0. The predicted octanol–water partition coefficient (Wildman–Crippen LogP) is 4.07. The Morgan fingerprint density at radius 2 is 1.47 bits per heavy atom. The maximum atomic E-state index is 6.15. The summed E-state index contributed by atoms with van der Waals surface area (Å²) in [6.45, 7) is 13.9. The Morgan fingerprint density at radius 3 is 1.80 bits per heavy atom.